The van der Waals surface area contributed by atoms with Crippen molar-refractivity contribution >= 4 is 11.8 Å². The van der Waals surface area contributed by atoms with Crippen LogP contribution in [0.25, 0.3) is 0 Å². The third-order valence-electron chi connectivity index (χ3n) is 12.8. The van der Waals surface area contributed by atoms with E-state index in [0.29, 0.717) is 18.1 Å². The molecule has 4 rings (SSSR count). The summed E-state index contributed by atoms with van der Waals surface area (Å²) in [6.07, 6.45) is 32.5. The number of rotatable bonds is 18. The first kappa shape index (κ1) is 33.8. The molecule has 4 aliphatic rings. The molecule has 0 heterocycles. The molecule has 4 aliphatic carbocycles. The predicted octanol–water partition coefficient (Wildman–Crippen LogP) is 11.3. The molecular weight excluding hydrogens is 516 g/mol. The summed E-state index contributed by atoms with van der Waals surface area (Å²) in [6, 6.07) is 0. The molecule has 240 valence electrons. The summed E-state index contributed by atoms with van der Waals surface area (Å²) in [5, 5.41) is 0. The maximum atomic E-state index is 12.7. The number of hydrogen-bond acceptors (Lipinski definition) is 3. The van der Waals surface area contributed by atoms with Crippen molar-refractivity contribution in [2.75, 3.05) is 0 Å². The molecule has 3 fully saturated rings. The first-order valence-electron chi connectivity index (χ1n) is 18.7. The molecule has 7 atom stereocenters. The van der Waals surface area contributed by atoms with Gasteiger partial charge in [-0.25, -0.2) is 0 Å². The second kappa shape index (κ2) is 16.3. The number of unbranched alkanes of at least 4 members (excludes halogenated alkanes) is 14. The summed E-state index contributed by atoms with van der Waals surface area (Å²) in [7, 11) is 0. The lowest BCUT2D eigenvalue weighted by Crippen LogP contribution is -2.51. The Balaban J connectivity index is 1.07. The quantitative estimate of drug-likeness (QED) is 0.0917. The van der Waals surface area contributed by atoms with E-state index in [2.05, 4.69) is 26.8 Å². The zero-order valence-electron chi connectivity index (χ0n) is 28.2. The van der Waals surface area contributed by atoms with Gasteiger partial charge < -0.3 is 4.74 Å². The van der Waals surface area contributed by atoms with Crippen LogP contribution in [0.4, 0.5) is 0 Å². The van der Waals surface area contributed by atoms with Gasteiger partial charge in [-0.3, -0.25) is 9.59 Å². The third-order valence-corrected chi connectivity index (χ3v) is 12.8. The van der Waals surface area contributed by atoms with Crippen LogP contribution in [-0.4, -0.2) is 17.9 Å². The van der Waals surface area contributed by atoms with Gasteiger partial charge in [-0.2, -0.15) is 0 Å². The highest BCUT2D eigenvalue weighted by atomic mass is 16.5. The van der Waals surface area contributed by atoms with Crippen LogP contribution < -0.4 is 0 Å². The van der Waals surface area contributed by atoms with Gasteiger partial charge in [0.1, 0.15) is 11.9 Å². The maximum Gasteiger partial charge on any atom is 0.306 e. The summed E-state index contributed by atoms with van der Waals surface area (Å²) in [5.41, 5.74) is 2.05. The molecule has 0 amide bonds. The van der Waals surface area contributed by atoms with Crippen LogP contribution in [0.3, 0.4) is 0 Å². The number of ether oxygens (including phenoxy) is 1. The fourth-order valence-corrected chi connectivity index (χ4v) is 10.3. The monoisotopic (exact) mass is 583 g/mol. The van der Waals surface area contributed by atoms with Gasteiger partial charge in [-0.05, 0) is 86.9 Å². The second-order valence-corrected chi connectivity index (χ2v) is 15.6. The fraction of sp³-hybridized carbons (Fsp3) is 0.897. The lowest BCUT2D eigenvalue weighted by atomic mass is 9.47. The van der Waals surface area contributed by atoms with Gasteiger partial charge in [0, 0.05) is 18.8 Å². The molecule has 0 radical (unpaired) electrons. The third kappa shape index (κ3) is 8.32. The molecule has 0 aromatic carbocycles. The standard InChI is InChI=1S/C39H66O3/c1-5-6-7-8-9-10-11-12-13-14-15-16-17-18-19-20-37(41)42-32-25-27-38(3)31(29-32)21-22-33-35-24-23-34(30(2)40)39(35,4)28-26-36(33)38/h21,32-36H,5-20,22-29H2,1-4H3/t32?,33-,34+,35-,36-,38-,39+/m0/s1. The van der Waals surface area contributed by atoms with Gasteiger partial charge in [0.15, 0.2) is 0 Å². The number of Topliss-reactive ketones (excluding diaryl/α,β-unsaturated/α-hetero) is 1. The van der Waals surface area contributed by atoms with Gasteiger partial charge >= 0.3 is 5.97 Å². The minimum absolute atomic E-state index is 0.0299. The highest BCUT2D eigenvalue weighted by molar-refractivity contribution is 5.79. The van der Waals surface area contributed by atoms with Crippen molar-refractivity contribution in [3.8, 4) is 0 Å². The molecule has 0 aromatic rings. The topological polar surface area (TPSA) is 43.4 Å². The molecule has 0 N–H and O–H groups in total. The first-order chi connectivity index (χ1) is 20.3. The molecule has 3 heteroatoms. The molecular formula is C39H66O3. The number of fused-ring (bicyclic) bond motifs is 5. The van der Waals surface area contributed by atoms with E-state index < -0.39 is 0 Å². The van der Waals surface area contributed by atoms with E-state index >= 15 is 0 Å². The van der Waals surface area contributed by atoms with Gasteiger partial charge in [-0.15, -0.1) is 0 Å². The van der Waals surface area contributed by atoms with Crippen LogP contribution in [0.5, 0.6) is 0 Å². The van der Waals surface area contributed by atoms with E-state index in [1.54, 1.807) is 5.57 Å². The summed E-state index contributed by atoms with van der Waals surface area (Å²) >= 11 is 0. The van der Waals surface area contributed by atoms with Gasteiger partial charge in [0.25, 0.3) is 0 Å². The van der Waals surface area contributed by atoms with Crippen LogP contribution in [0.15, 0.2) is 11.6 Å². The average Bonchev–Trinajstić information content (AvgIpc) is 3.33. The summed E-state index contributed by atoms with van der Waals surface area (Å²) in [6.45, 7) is 9.07. The Bertz CT molecular complexity index is 890. The Morgan fingerprint density at radius 3 is 1.95 bits per heavy atom. The van der Waals surface area contributed by atoms with Gasteiger partial charge in [0.05, 0.1) is 0 Å². The van der Waals surface area contributed by atoms with Crippen LogP contribution in [0.1, 0.15) is 182 Å². The smallest absolute Gasteiger partial charge is 0.306 e. The van der Waals surface area contributed by atoms with Crippen LogP contribution in [0, 0.1) is 34.5 Å². The summed E-state index contributed by atoms with van der Waals surface area (Å²) in [5.74, 6) is 2.89. The van der Waals surface area contributed by atoms with Crippen molar-refractivity contribution in [3.63, 3.8) is 0 Å². The number of carbonyl (C=O) groups excluding carboxylic acids is 2. The number of allylic oxidation sites excluding steroid dienone is 1. The van der Waals surface area contributed by atoms with E-state index in [9.17, 15) is 9.59 Å². The Labute approximate surface area is 259 Å². The van der Waals surface area contributed by atoms with E-state index in [1.807, 2.05) is 6.92 Å². The van der Waals surface area contributed by atoms with Crippen molar-refractivity contribution in [1.29, 1.82) is 0 Å². The molecule has 3 saturated carbocycles. The minimum atomic E-state index is 0.0299. The van der Waals surface area contributed by atoms with Crippen LogP contribution >= 0.6 is 0 Å². The lowest BCUT2D eigenvalue weighted by Gasteiger charge is -2.58. The van der Waals surface area contributed by atoms with Crippen molar-refractivity contribution in [2.24, 2.45) is 34.5 Å². The van der Waals surface area contributed by atoms with E-state index in [0.717, 1.165) is 50.4 Å². The van der Waals surface area contributed by atoms with Crippen LogP contribution in [-0.2, 0) is 14.3 Å². The molecule has 0 aromatic heterocycles. The van der Waals surface area contributed by atoms with E-state index in [1.165, 1.54) is 109 Å². The Morgan fingerprint density at radius 1 is 0.762 bits per heavy atom. The molecule has 0 saturated heterocycles. The van der Waals surface area contributed by atoms with Crippen molar-refractivity contribution < 1.29 is 14.3 Å². The average molecular weight is 583 g/mol. The lowest BCUT2D eigenvalue weighted by molar-refractivity contribution is -0.151. The highest BCUT2D eigenvalue weighted by Crippen LogP contribution is 2.66. The Morgan fingerprint density at radius 2 is 1.36 bits per heavy atom. The van der Waals surface area contributed by atoms with E-state index in [-0.39, 0.29) is 28.8 Å². The predicted molar refractivity (Wildman–Crippen MR) is 175 cm³/mol. The normalized spacial score (nSPS) is 33.8. The number of ketones is 1. The molecule has 3 nitrogen and oxygen atoms in total. The molecule has 0 bridgehead atoms. The van der Waals surface area contributed by atoms with E-state index in [4.69, 9.17) is 4.74 Å². The molecule has 42 heavy (non-hydrogen) atoms. The first-order valence-corrected chi connectivity index (χ1v) is 18.7. The fourth-order valence-electron chi connectivity index (χ4n) is 10.3. The molecule has 0 spiro atoms. The van der Waals surface area contributed by atoms with Crippen molar-refractivity contribution in [3.05, 3.63) is 11.6 Å². The Kier molecular flexibility index (Phi) is 13.1. The molecule has 1 unspecified atom stereocenters. The summed E-state index contributed by atoms with van der Waals surface area (Å²) in [4.78, 5) is 25.1. The zero-order chi connectivity index (χ0) is 30.0. The van der Waals surface area contributed by atoms with Gasteiger partial charge in [0.2, 0.25) is 0 Å². The van der Waals surface area contributed by atoms with Gasteiger partial charge in [-0.1, -0.05) is 122 Å². The largest absolute Gasteiger partial charge is 0.462 e. The van der Waals surface area contributed by atoms with Crippen LogP contribution in [0.2, 0.25) is 0 Å². The Hall–Kier alpha value is -1.12. The number of carbonyl (C=O) groups is 2. The zero-order valence-corrected chi connectivity index (χ0v) is 28.2. The van der Waals surface area contributed by atoms with Crippen molar-refractivity contribution in [2.45, 2.75) is 188 Å². The van der Waals surface area contributed by atoms with Crippen molar-refractivity contribution in [1.82, 2.24) is 0 Å². The number of hydrogen-bond donors (Lipinski definition) is 0. The maximum absolute atomic E-state index is 12.7. The minimum Gasteiger partial charge on any atom is -0.462 e. The second-order valence-electron chi connectivity index (χ2n) is 15.6. The SMILES string of the molecule is CCCCCCCCCCCCCCCCCC(=O)OC1CC[C@@]2(C)C(=CC[C@H]3[C@@H]4CC[C@H](C(C)=O)[C@@]4(C)CC[C@@H]32)C1. The number of esters is 1. The molecule has 0 aliphatic heterocycles. The summed E-state index contributed by atoms with van der Waals surface area (Å²) < 4.78 is 6.05. The highest BCUT2D eigenvalue weighted by Gasteiger charge is 2.59.